The van der Waals surface area contributed by atoms with E-state index in [1.165, 1.54) is 45.1 Å². The van der Waals surface area contributed by atoms with Crippen molar-refractivity contribution >= 4 is 11.6 Å². The molecule has 2 bridgehead atoms. The minimum Gasteiger partial charge on any atom is -0.293 e. The zero-order valence-electron chi connectivity index (χ0n) is 10.7. The van der Waals surface area contributed by atoms with Crippen LogP contribution in [0.1, 0.15) is 61.6 Å². The third-order valence-corrected chi connectivity index (χ3v) is 5.50. The SMILES string of the molecule is Clc1ccc2c(c1)[C@H]1CC2CCCN1C1CCC1. The second-order valence-electron chi connectivity index (χ2n) is 6.19. The lowest BCUT2D eigenvalue weighted by molar-refractivity contribution is 0.0842. The van der Waals surface area contributed by atoms with E-state index in [1.54, 1.807) is 11.1 Å². The summed E-state index contributed by atoms with van der Waals surface area (Å²) in [6.45, 7) is 1.30. The Balaban J connectivity index is 1.74. The van der Waals surface area contributed by atoms with Gasteiger partial charge in [-0.1, -0.05) is 24.1 Å². The molecule has 0 amide bonds. The first-order chi connectivity index (χ1) is 8.83. The van der Waals surface area contributed by atoms with Gasteiger partial charge in [-0.2, -0.15) is 0 Å². The Morgan fingerprint density at radius 3 is 2.72 bits per heavy atom. The van der Waals surface area contributed by atoms with Crippen LogP contribution in [0.15, 0.2) is 18.2 Å². The van der Waals surface area contributed by atoms with E-state index in [1.807, 2.05) is 0 Å². The fourth-order valence-corrected chi connectivity index (χ4v) is 4.33. The van der Waals surface area contributed by atoms with E-state index in [-0.39, 0.29) is 0 Å². The first-order valence-corrected chi connectivity index (χ1v) is 7.76. The topological polar surface area (TPSA) is 3.24 Å². The van der Waals surface area contributed by atoms with Gasteiger partial charge in [-0.05, 0) is 67.8 Å². The molecule has 2 aliphatic carbocycles. The third kappa shape index (κ3) is 1.64. The monoisotopic (exact) mass is 261 g/mol. The Morgan fingerprint density at radius 2 is 1.94 bits per heavy atom. The average molecular weight is 262 g/mol. The van der Waals surface area contributed by atoms with Crippen LogP contribution in [-0.4, -0.2) is 17.5 Å². The van der Waals surface area contributed by atoms with Gasteiger partial charge in [0, 0.05) is 17.1 Å². The Morgan fingerprint density at radius 1 is 1.06 bits per heavy atom. The van der Waals surface area contributed by atoms with Gasteiger partial charge in [0.25, 0.3) is 0 Å². The van der Waals surface area contributed by atoms with E-state index < -0.39 is 0 Å². The van der Waals surface area contributed by atoms with Crippen molar-refractivity contribution in [1.29, 1.82) is 0 Å². The molecule has 0 radical (unpaired) electrons. The molecule has 1 unspecified atom stereocenters. The van der Waals surface area contributed by atoms with Gasteiger partial charge < -0.3 is 0 Å². The van der Waals surface area contributed by atoms with Crippen LogP contribution in [0.2, 0.25) is 5.02 Å². The first-order valence-electron chi connectivity index (χ1n) is 7.38. The lowest BCUT2D eigenvalue weighted by atomic mass is 9.89. The molecule has 1 nitrogen and oxygen atoms in total. The highest BCUT2D eigenvalue weighted by Crippen LogP contribution is 2.50. The molecule has 1 aromatic carbocycles. The van der Waals surface area contributed by atoms with Crippen molar-refractivity contribution in [2.24, 2.45) is 0 Å². The normalized spacial score (nSPS) is 31.8. The third-order valence-electron chi connectivity index (χ3n) is 5.27. The van der Waals surface area contributed by atoms with E-state index in [2.05, 4.69) is 23.1 Å². The average Bonchev–Trinajstić information content (AvgIpc) is 2.49. The zero-order chi connectivity index (χ0) is 12.1. The zero-order valence-corrected chi connectivity index (χ0v) is 11.5. The number of fused-ring (bicyclic) bond motifs is 5. The standard InChI is InChI=1S/C16H20ClN/c17-12-6-7-14-11-3-2-8-18(13-4-1-5-13)16(9-11)15(14)10-12/h6-7,10-11,13,16H,1-5,8-9H2/t11?,16-/m1/s1. The molecule has 2 fully saturated rings. The summed E-state index contributed by atoms with van der Waals surface area (Å²) < 4.78 is 0. The van der Waals surface area contributed by atoms with Crippen LogP contribution in [0.4, 0.5) is 0 Å². The van der Waals surface area contributed by atoms with Crippen molar-refractivity contribution in [3.8, 4) is 0 Å². The molecule has 4 rings (SSSR count). The molecule has 96 valence electrons. The van der Waals surface area contributed by atoms with Gasteiger partial charge in [0.15, 0.2) is 0 Å². The largest absolute Gasteiger partial charge is 0.293 e. The molecule has 1 saturated heterocycles. The van der Waals surface area contributed by atoms with E-state index in [0.29, 0.717) is 6.04 Å². The second-order valence-corrected chi connectivity index (χ2v) is 6.62. The number of hydrogen-bond acceptors (Lipinski definition) is 1. The number of nitrogens with zero attached hydrogens (tertiary/aromatic N) is 1. The quantitative estimate of drug-likeness (QED) is 0.719. The van der Waals surface area contributed by atoms with Crippen LogP contribution in [0.5, 0.6) is 0 Å². The van der Waals surface area contributed by atoms with Gasteiger partial charge in [0.2, 0.25) is 0 Å². The van der Waals surface area contributed by atoms with Crippen LogP contribution in [-0.2, 0) is 0 Å². The Kier molecular flexibility index (Phi) is 2.67. The van der Waals surface area contributed by atoms with Crippen LogP contribution in [0.25, 0.3) is 0 Å². The van der Waals surface area contributed by atoms with Gasteiger partial charge in [0.05, 0.1) is 0 Å². The Bertz CT molecular complexity index is 466. The van der Waals surface area contributed by atoms with Crippen molar-refractivity contribution < 1.29 is 0 Å². The smallest absolute Gasteiger partial charge is 0.0409 e. The van der Waals surface area contributed by atoms with Gasteiger partial charge in [-0.3, -0.25) is 4.90 Å². The van der Waals surface area contributed by atoms with Crippen molar-refractivity contribution in [1.82, 2.24) is 4.90 Å². The summed E-state index contributed by atoms with van der Waals surface area (Å²) in [7, 11) is 0. The maximum Gasteiger partial charge on any atom is 0.0409 e. The van der Waals surface area contributed by atoms with E-state index in [9.17, 15) is 0 Å². The molecule has 2 atom stereocenters. The van der Waals surface area contributed by atoms with E-state index in [0.717, 1.165) is 17.0 Å². The molecule has 1 saturated carbocycles. The summed E-state index contributed by atoms with van der Waals surface area (Å²) in [5.74, 6) is 0.798. The maximum atomic E-state index is 6.21. The van der Waals surface area contributed by atoms with Gasteiger partial charge in [-0.25, -0.2) is 0 Å². The Hall–Kier alpha value is -0.530. The van der Waals surface area contributed by atoms with Crippen molar-refractivity contribution in [2.45, 2.75) is 56.5 Å². The minimum atomic E-state index is 0.663. The summed E-state index contributed by atoms with van der Waals surface area (Å²) in [4.78, 5) is 2.80. The summed E-state index contributed by atoms with van der Waals surface area (Å²) in [5.41, 5.74) is 3.13. The summed E-state index contributed by atoms with van der Waals surface area (Å²) in [5, 5.41) is 0.911. The summed E-state index contributed by atoms with van der Waals surface area (Å²) in [6.07, 6.45) is 8.34. The number of benzene rings is 1. The number of halogens is 1. The molecule has 1 aliphatic heterocycles. The highest BCUT2D eigenvalue weighted by Gasteiger charge is 2.40. The number of hydrogen-bond donors (Lipinski definition) is 0. The molecule has 0 spiro atoms. The molecule has 3 aliphatic rings. The van der Waals surface area contributed by atoms with E-state index >= 15 is 0 Å². The Labute approximate surface area is 114 Å². The van der Waals surface area contributed by atoms with E-state index in [4.69, 9.17) is 11.6 Å². The van der Waals surface area contributed by atoms with Crippen LogP contribution >= 0.6 is 11.6 Å². The number of likely N-dealkylation sites (tertiary alicyclic amines) is 1. The highest BCUT2D eigenvalue weighted by molar-refractivity contribution is 6.30. The fraction of sp³-hybridized carbons (Fsp3) is 0.625. The molecular weight excluding hydrogens is 242 g/mol. The lowest BCUT2D eigenvalue weighted by Crippen LogP contribution is -2.42. The molecule has 0 aromatic heterocycles. The highest BCUT2D eigenvalue weighted by atomic mass is 35.5. The van der Waals surface area contributed by atoms with Crippen LogP contribution < -0.4 is 0 Å². The molecule has 1 heterocycles. The fourth-order valence-electron chi connectivity index (χ4n) is 4.15. The van der Waals surface area contributed by atoms with Crippen molar-refractivity contribution in [3.05, 3.63) is 34.3 Å². The van der Waals surface area contributed by atoms with Crippen molar-refractivity contribution in [3.63, 3.8) is 0 Å². The number of rotatable bonds is 1. The summed E-state index contributed by atoms with van der Waals surface area (Å²) in [6, 6.07) is 8.12. The minimum absolute atomic E-state index is 0.663. The second kappa shape index (κ2) is 4.25. The predicted molar refractivity (Wildman–Crippen MR) is 75.1 cm³/mol. The maximum absolute atomic E-state index is 6.21. The molecule has 18 heavy (non-hydrogen) atoms. The predicted octanol–water partition coefficient (Wildman–Crippen LogP) is 4.52. The van der Waals surface area contributed by atoms with Gasteiger partial charge in [0.1, 0.15) is 0 Å². The molecular formula is C16H20ClN. The van der Waals surface area contributed by atoms with Crippen LogP contribution in [0.3, 0.4) is 0 Å². The summed E-state index contributed by atoms with van der Waals surface area (Å²) >= 11 is 6.21. The lowest BCUT2D eigenvalue weighted by Gasteiger charge is -2.41. The molecule has 2 heteroatoms. The van der Waals surface area contributed by atoms with Crippen molar-refractivity contribution in [2.75, 3.05) is 6.54 Å². The first kappa shape index (κ1) is 11.3. The van der Waals surface area contributed by atoms with Crippen LogP contribution in [0, 0.1) is 0 Å². The molecule has 1 aromatic rings. The van der Waals surface area contributed by atoms with Gasteiger partial charge in [-0.15, -0.1) is 0 Å². The molecule has 0 N–H and O–H groups in total. The van der Waals surface area contributed by atoms with Gasteiger partial charge >= 0.3 is 0 Å².